The Morgan fingerprint density at radius 2 is 1.94 bits per heavy atom. The first-order chi connectivity index (χ1) is 15.7. The van der Waals surface area contributed by atoms with Gasteiger partial charge in [0.25, 0.3) is 8.32 Å². The molecule has 34 heavy (non-hydrogen) atoms. The molecule has 1 aromatic rings. The summed E-state index contributed by atoms with van der Waals surface area (Å²) >= 11 is 3.44. The molecule has 1 unspecified atom stereocenters. The molecule has 0 aliphatic carbocycles. The van der Waals surface area contributed by atoms with Gasteiger partial charge < -0.3 is 19.0 Å². The average Bonchev–Trinajstić information content (AvgIpc) is 3.12. The van der Waals surface area contributed by atoms with Gasteiger partial charge in [-0.15, -0.1) is 0 Å². The van der Waals surface area contributed by atoms with Crippen molar-refractivity contribution in [3.05, 3.63) is 33.9 Å². The molecule has 190 valence electrons. The minimum atomic E-state index is -2.29. The number of carboxylic acids is 1. The van der Waals surface area contributed by atoms with Crippen molar-refractivity contribution in [2.24, 2.45) is 5.92 Å². The molecule has 0 spiro atoms. The lowest BCUT2D eigenvalue weighted by molar-refractivity contribution is -0.137. The second-order valence-electron chi connectivity index (χ2n) is 10.5. The Kier molecular flexibility index (Phi) is 9.44. The molecule has 0 saturated heterocycles. The minimum absolute atomic E-state index is 0.0497. The number of hydrogen-bond donors (Lipinski definition) is 1. The van der Waals surface area contributed by atoms with Crippen molar-refractivity contribution in [3.8, 4) is 11.5 Å². The number of carbonyl (C=O) groups is 2. The van der Waals surface area contributed by atoms with Crippen molar-refractivity contribution in [1.29, 1.82) is 0 Å². The number of methoxy groups -OCH3 is 1. The molecule has 0 fully saturated rings. The monoisotopic (exact) mass is 554 g/mol. The van der Waals surface area contributed by atoms with E-state index in [1.165, 1.54) is 0 Å². The van der Waals surface area contributed by atoms with E-state index >= 15 is 0 Å². The molecular weight excluding hydrogens is 516 g/mol. The van der Waals surface area contributed by atoms with Gasteiger partial charge in [0.2, 0.25) is 0 Å². The van der Waals surface area contributed by atoms with Gasteiger partial charge in [-0.05, 0) is 62.7 Å². The summed E-state index contributed by atoms with van der Waals surface area (Å²) in [6.45, 7) is 14.9. The van der Waals surface area contributed by atoms with Crippen LogP contribution in [0.3, 0.4) is 0 Å². The Morgan fingerprint density at radius 1 is 1.29 bits per heavy atom. The first kappa shape index (κ1) is 28.4. The number of carbonyl (C=O) groups excluding carboxylic acids is 1. The Labute approximate surface area is 213 Å². The number of cyclic esters (lactones) is 1. The van der Waals surface area contributed by atoms with Crippen LogP contribution in [0.5, 0.6) is 11.5 Å². The molecule has 0 saturated carbocycles. The van der Waals surface area contributed by atoms with Gasteiger partial charge in [0.1, 0.15) is 23.7 Å². The summed E-state index contributed by atoms with van der Waals surface area (Å²) in [5.74, 6) is 0.0441. The van der Waals surface area contributed by atoms with Gasteiger partial charge in [-0.2, -0.15) is 0 Å². The number of aliphatic carboxylic acids is 1. The lowest BCUT2D eigenvalue weighted by Crippen LogP contribution is -2.44. The summed E-state index contributed by atoms with van der Waals surface area (Å²) in [6.07, 6.45) is 4.32. The number of alkyl halides is 1. The average molecular weight is 556 g/mol. The van der Waals surface area contributed by atoms with Crippen molar-refractivity contribution in [3.63, 3.8) is 0 Å². The molecular formula is C26H39BrO6Si. The van der Waals surface area contributed by atoms with Gasteiger partial charge in [0, 0.05) is 16.5 Å². The van der Waals surface area contributed by atoms with Crippen molar-refractivity contribution in [2.45, 2.75) is 85.0 Å². The Hall–Kier alpha value is -1.80. The number of allylic oxidation sites excluding steroid dienone is 2. The van der Waals surface area contributed by atoms with Gasteiger partial charge >= 0.3 is 11.9 Å². The molecule has 1 aromatic carbocycles. The van der Waals surface area contributed by atoms with Gasteiger partial charge in [-0.25, -0.2) is 4.79 Å². The molecule has 1 atom stereocenters. The number of hydrogen-bond acceptors (Lipinski definition) is 5. The third kappa shape index (κ3) is 6.25. The fourth-order valence-corrected chi connectivity index (χ4v) is 5.35. The molecule has 1 aliphatic rings. The van der Waals surface area contributed by atoms with E-state index in [1.54, 1.807) is 7.11 Å². The van der Waals surface area contributed by atoms with Crippen LogP contribution in [-0.4, -0.2) is 37.8 Å². The van der Waals surface area contributed by atoms with Crippen LogP contribution in [0.1, 0.15) is 74.0 Å². The van der Waals surface area contributed by atoms with Crippen LogP contribution in [0.25, 0.3) is 0 Å². The van der Waals surface area contributed by atoms with E-state index in [4.69, 9.17) is 13.9 Å². The molecule has 0 amide bonds. The van der Waals surface area contributed by atoms with Gasteiger partial charge in [0.15, 0.2) is 0 Å². The highest BCUT2D eigenvalue weighted by molar-refractivity contribution is 9.09. The van der Waals surface area contributed by atoms with E-state index in [0.717, 1.165) is 40.4 Å². The van der Waals surface area contributed by atoms with E-state index < -0.39 is 14.3 Å². The Balaban J connectivity index is 2.63. The number of halogens is 1. The van der Waals surface area contributed by atoms with Crippen LogP contribution in [0, 0.1) is 12.8 Å². The van der Waals surface area contributed by atoms with E-state index in [-0.39, 0.29) is 30.0 Å². The van der Waals surface area contributed by atoms with Crippen LogP contribution in [0.15, 0.2) is 11.6 Å². The van der Waals surface area contributed by atoms with E-state index in [2.05, 4.69) is 55.9 Å². The fourth-order valence-electron chi connectivity index (χ4n) is 3.99. The predicted molar refractivity (Wildman–Crippen MR) is 141 cm³/mol. The highest BCUT2D eigenvalue weighted by atomic mass is 79.9. The number of benzene rings is 1. The molecule has 1 heterocycles. The van der Waals surface area contributed by atoms with Crippen molar-refractivity contribution in [1.82, 2.24) is 0 Å². The fraction of sp³-hybridized carbons (Fsp3) is 0.615. The zero-order valence-corrected chi connectivity index (χ0v) is 24.3. The van der Waals surface area contributed by atoms with Crippen molar-refractivity contribution >= 4 is 36.2 Å². The lowest BCUT2D eigenvalue weighted by atomic mass is 9.90. The maximum absolute atomic E-state index is 12.8. The first-order valence-electron chi connectivity index (χ1n) is 11.8. The van der Waals surface area contributed by atoms with E-state index in [0.29, 0.717) is 23.5 Å². The first-order valence-corrected chi connectivity index (χ1v) is 15.8. The lowest BCUT2D eigenvalue weighted by Gasteiger charge is -2.37. The molecule has 8 heteroatoms. The number of rotatable bonds is 11. The van der Waals surface area contributed by atoms with E-state index in [9.17, 15) is 14.7 Å². The molecule has 0 aromatic heterocycles. The zero-order chi connectivity index (χ0) is 25.8. The maximum atomic E-state index is 12.8. The Morgan fingerprint density at radius 3 is 2.47 bits per heavy atom. The second-order valence-corrected chi connectivity index (χ2v) is 16.1. The molecule has 6 nitrogen and oxygen atoms in total. The summed E-state index contributed by atoms with van der Waals surface area (Å²) < 4.78 is 18.0. The van der Waals surface area contributed by atoms with E-state index in [1.807, 2.05) is 13.8 Å². The van der Waals surface area contributed by atoms with Crippen LogP contribution in [0.2, 0.25) is 18.1 Å². The summed E-state index contributed by atoms with van der Waals surface area (Å²) in [4.78, 5) is 24.2. The highest BCUT2D eigenvalue weighted by Gasteiger charge is 2.42. The van der Waals surface area contributed by atoms with Crippen LogP contribution >= 0.6 is 15.9 Å². The topological polar surface area (TPSA) is 82.1 Å². The molecule has 1 N–H and O–H groups in total. The number of carboxylic acid groups (broad SMARTS) is 1. The van der Waals surface area contributed by atoms with Gasteiger partial charge in [0.05, 0.1) is 13.5 Å². The van der Waals surface area contributed by atoms with Crippen LogP contribution < -0.4 is 9.16 Å². The standard InChI is InChI=1S/C26H39BrO6Si/c1-16(18(10-9-13-27)14-21(28)29)11-12-19-23(31-6)17(2)20-15-32-25(30)22(20)24(19)33-34(7,8)26(3,4)5/h11,18H,9-10,12-15H2,1-8H3,(H,28,29). The van der Waals surface area contributed by atoms with Crippen molar-refractivity contribution in [2.75, 3.05) is 12.4 Å². The molecule has 1 aliphatic heterocycles. The molecule has 2 rings (SSSR count). The SMILES string of the molecule is COc1c(C)c2c(c(O[Si](C)(C)C(C)(C)C)c1CC=C(C)C(CCCBr)CC(=O)O)C(=O)OC2. The minimum Gasteiger partial charge on any atom is -0.543 e. The second kappa shape index (κ2) is 11.3. The summed E-state index contributed by atoms with van der Waals surface area (Å²) in [5.41, 5.74) is 4.04. The van der Waals surface area contributed by atoms with Crippen LogP contribution in [-0.2, 0) is 22.6 Å². The van der Waals surface area contributed by atoms with Crippen molar-refractivity contribution < 1.29 is 28.6 Å². The summed E-state index contributed by atoms with van der Waals surface area (Å²) in [7, 11) is -0.656. The smallest absolute Gasteiger partial charge is 0.342 e. The third-order valence-electron chi connectivity index (χ3n) is 7.17. The number of esters is 1. The largest absolute Gasteiger partial charge is 0.543 e. The zero-order valence-electron chi connectivity index (χ0n) is 21.8. The summed E-state index contributed by atoms with van der Waals surface area (Å²) in [6, 6.07) is 0. The molecule has 0 radical (unpaired) electrons. The highest BCUT2D eigenvalue weighted by Crippen LogP contribution is 2.46. The third-order valence-corrected chi connectivity index (χ3v) is 12.1. The number of fused-ring (bicyclic) bond motifs is 1. The van der Waals surface area contributed by atoms with Gasteiger partial charge in [-0.1, -0.05) is 48.4 Å². The summed E-state index contributed by atoms with van der Waals surface area (Å²) in [5, 5.41) is 10.2. The number of ether oxygens (including phenoxy) is 2. The normalized spacial score (nSPS) is 15.1. The maximum Gasteiger partial charge on any atom is 0.342 e. The van der Waals surface area contributed by atoms with Crippen LogP contribution in [0.4, 0.5) is 0 Å². The Bertz CT molecular complexity index is 961. The molecule has 0 bridgehead atoms. The predicted octanol–water partition coefficient (Wildman–Crippen LogP) is 6.81. The quantitative estimate of drug-likeness (QED) is 0.140. The van der Waals surface area contributed by atoms with Gasteiger partial charge in [-0.3, -0.25) is 4.79 Å².